The molecule has 0 aromatic heterocycles. The molecule has 2 N–H and O–H groups in total. The second kappa shape index (κ2) is 5.75. The molecule has 5 heteroatoms. The van der Waals surface area contributed by atoms with Gasteiger partial charge in [0.1, 0.15) is 5.75 Å². The quantitative estimate of drug-likeness (QED) is 0.726. The number of benzene rings is 1. The lowest BCUT2D eigenvalue weighted by Gasteiger charge is -2.04. The van der Waals surface area contributed by atoms with Gasteiger partial charge in [0, 0.05) is 0 Å². The van der Waals surface area contributed by atoms with E-state index in [-0.39, 0.29) is 19.0 Å². The van der Waals surface area contributed by atoms with E-state index in [2.05, 4.69) is 4.74 Å². The maximum Gasteiger partial charge on any atom is 0.309 e. The molecule has 1 aromatic carbocycles. The lowest BCUT2D eigenvalue weighted by molar-refractivity contribution is -0.139. The molecule has 0 aliphatic rings. The number of esters is 1. The summed E-state index contributed by atoms with van der Waals surface area (Å²) in [5.74, 6) is -0.295. The van der Waals surface area contributed by atoms with Gasteiger partial charge in [-0.3, -0.25) is 9.59 Å². The first-order chi connectivity index (χ1) is 7.61. The number of carbonyl (C=O) groups excluding carboxylic acids is 2. The standard InChI is InChI=1S/C11H13NO4/c1-15-11(14)6-8-2-4-9(5-3-8)16-7-10(12)13/h2-5H,6-7H2,1H3,(H2,12,13). The second-order valence-corrected chi connectivity index (χ2v) is 3.15. The van der Waals surface area contributed by atoms with Crippen LogP contribution in [0.3, 0.4) is 0 Å². The van der Waals surface area contributed by atoms with Crippen molar-refractivity contribution in [3.05, 3.63) is 29.8 Å². The summed E-state index contributed by atoms with van der Waals surface area (Å²) < 4.78 is 9.59. The van der Waals surface area contributed by atoms with Gasteiger partial charge < -0.3 is 15.2 Å². The van der Waals surface area contributed by atoms with Crippen LogP contribution in [0, 0.1) is 0 Å². The molecule has 5 nitrogen and oxygen atoms in total. The van der Waals surface area contributed by atoms with Gasteiger partial charge in [0.25, 0.3) is 5.91 Å². The number of amides is 1. The summed E-state index contributed by atoms with van der Waals surface area (Å²) >= 11 is 0. The predicted molar refractivity (Wildman–Crippen MR) is 56.9 cm³/mol. The summed E-state index contributed by atoms with van der Waals surface area (Å²) in [5.41, 5.74) is 5.75. The molecule has 1 aromatic rings. The van der Waals surface area contributed by atoms with Gasteiger partial charge in [0.05, 0.1) is 13.5 Å². The summed E-state index contributed by atoms with van der Waals surface area (Å²) in [4.78, 5) is 21.4. The molecule has 86 valence electrons. The van der Waals surface area contributed by atoms with Crippen molar-refractivity contribution in [1.29, 1.82) is 0 Å². The molecule has 0 heterocycles. The van der Waals surface area contributed by atoms with E-state index in [0.29, 0.717) is 5.75 Å². The van der Waals surface area contributed by atoms with Crippen molar-refractivity contribution >= 4 is 11.9 Å². The highest BCUT2D eigenvalue weighted by Gasteiger charge is 2.03. The Labute approximate surface area is 93.1 Å². The Hall–Kier alpha value is -2.04. The molecule has 0 saturated heterocycles. The van der Waals surface area contributed by atoms with Crippen molar-refractivity contribution in [2.24, 2.45) is 5.73 Å². The van der Waals surface area contributed by atoms with Crippen LogP contribution in [-0.4, -0.2) is 25.6 Å². The van der Waals surface area contributed by atoms with E-state index >= 15 is 0 Å². The predicted octanol–water partition coefficient (Wildman–Crippen LogP) is 0.266. The van der Waals surface area contributed by atoms with Crippen molar-refractivity contribution in [2.75, 3.05) is 13.7 Å². The Bertz CT molecular complexity index is 372. The average Bonchev–Trinajstić information content (AvgIpc) is 2.28. The van der Waals surface area contributed by atoms with Crippen molar-refractivity contribution < 1.29 is 19.1 Å². The topological polar surface area (TPSA) is 78.6 Å². The van der Waals surface area contributed by atoms with Crippen molar-refractivity contribution in [3.63, 3.8) is 0 Å². The minimum atomic E-state index is -0.529. The Morgan fingerprint density at radius 2 is 1.88 bits per heavy atom. The van der Waals surface area contributed by atoms with E-state index in [9.17, 15) is 9.59 Å². The highest BCUT2D eigenvalue weighted by molar-refractivity contribution is 5.75. The molecular weight excluding hydrogens is 210 g/mol. The number of hydrogen-bond acceptors (Lipinski definition) is 4. The van der Waals surface area contributed by atoms with Gasteiger partial charge in [-0.2, -0.15) is 0 Å². The lowest BCUT2D eigenvalue weighted by Crippen LogP contribution is -2.19. The highest BCUT2D eigenvalue weighted by Crippen LogP contribution is 2.12. The molecular formula is C11H13NO4. The van der Waals surface area contributed by atoms with Gasteiger partial charge in [0.2, 0.25) is 0 Å². The van der Waals surface area contributed by atoms with Crippen molar-refractivity contribution in [1.82, 2.24) is 0 Å². The van der Waals surface area contributed by atoms with Gasteiger partial charge in [0.15, 0.2) is 6.61 Å². The van der Waals surface area contributed by atoms with E-state index in [1.54, 1.807) is 24.3 Å². The largest absolute Gasteiger partial charge is 0.484 e. The lowest BCUT2D eigenvalue weighted by atomic mass is 10.1. The molecule has 0 spiro atoms. The molecule has 0 fully saturated rings. The van der Waals surface area contributed by atoms with E-state index in [0.717, 1.165) is 5.56 Å². The Kier molecular flexibility index (Phi) is 4.32. The minimum Gasteiger partial charge on any atom is -0.484 e. The fraction of sp³-hybridized carbons (Fsp3) is 0.273. The van der Waals surface area contributed by atoms with Gasteiger partial charge in [-0.05, 0) is 17.7 Å². The Morgan fingerprint density at radius 1 is 1.25 bits per heavy atom. The Balaban J connectivity index is 2.54. The number of ether oxygens (including phenoxy) is 2. The highest BCUT2D eigenvalue weighted by atomic mass is 16.5. The molecule has 0 bridgehead atoms. The van der Waals surface area contributed by atoms with Gasteiger partial charge in [-0.1, -0.05) is 12.1 Å². The summed E-state index contributed by atoms with van der Waals surface area (Å²) in [6.07, 6.45) is 0.215. The van der Waals surface area contributed by atoms with Crippen LogP contribution in [0.1, 0.15) is 5.56 Å². The summed E-state index contributed by atoms with van der Waals surface area (Å²) in [5, 5.41) is 0. The Morgan fingerprint density at radius 3 is 2.38 bits per heavy atom. The third-order valence-corrected chi connectivity index (χ3v) is 1.88. The smallest absolute Gasteiger partial charge is 0.309 e. The maximum atomic E-state index is 11.0. The molecule has 0 aliphatic heterocycles. The van der Waals surface area contributed by atoms with Crippen LogP contribution in [0.15, 0.2) is 24.3 Å². The fourth-order valence-corrected chi connectivity index (χ4v) is 1.10. The second-order valence-electron chi connectivity index (χ2n) is 3.15. The first kappa shape index (κ1) is 12.0. The monoisotopic (exact) mass is 223 g/mol. The minimum absolute atomic E-state index is 0.156. The van der Waals surface area contributed by atoms with E-state index < -0.39 is 5.91 Å². The molecule has 0 unspecified atom stereocenters. The number of nitrogens with two attached hydrogens (primary N) is 1. The first-order valence-corrected chi connectivity index (χ1v) is 4.68. The summed E-state index contributed by atoms with van der Waals surface area (Å²) in [7, 11) is 1.34. The number of methoxy groups -OCH3 is 1. The van der Waals surface area contributed by atoms with Crippen LogP contribution in [0.5, 0.6) is 5.75 Å². The third kappa shape index (κ3) is 4.00. The van der Waals surface area contributed by atoms with E-state index in [1.165, 1.54) is 7.11 Å². The fourth-order valence-electron chi connectivity index (χ4n) is 1.10. The first-order valence-electron chi connectivity index (χ1n) is 4.68. The molecule has 0 saturated carbocycles. The SMILES string of the molecule is COC(=O)Cc1ccc(OCC(N)=O)cc1. The number of carbonyl (C=O) groups is 2. The summed E-state index contributed by atoms with van der Waals surface area (Å²) in [6.45, 7) is -0.156. The molecule has 1 amide bonds. The molecule has 1 rings (SSSR count). The zero-order valence-electron chi connectivity index (χ0n) is 8.93. The van der Waals surface area contributed by atoms with Gasteiger partial charge in [-0.25, -0.2) is 0 Å². The van der Waals surface area contributed by atoms with Crippen LogP contribution >= 0.6 is 0 Å². The average molecular weight is 223 g/mol. The van der Waals surface area contributed by atoms with E-state index in [1.807, 2.05) is 0 Å². The van der Waals surface area contributed by atoms with E-state index in [4.69, 9.17) is 10.5 Å². The van der Waals surface area contributed by atoms with Crippen LogP contribution in [-0.2, 0) is 20.7 Å². The zero-order chi connectivity index (χ0) is 12.0. The molecule has 16 heavy (non-hydrogen) atoms. The number of rotatable bonds is 5. The number of hydrogen-bond donors (Lipinski definition) is 1. The van der Waals surface area contributed by atoms with Crippen LogP contribution in [0.2, 0.25) is 0 Å². The van der Waals surface area contributed by atoms with Gasteiger partial charge >= 0.3 is 5.97 Å². The maximum absolute atomic E-state index is 11.0. The molecule has 0 aliphatic carbocycles. The van der Waals surface area contributed by atoms with Crippen molar-refractivity contribution in [3.8, 4) is 5.75 Å². The van der Waals surface area contributed by atoms with Crippen LogP contribution in [0.25, 0.3) is 0 Å². The molecule has 0 radical (unpaired) electrons. The van der Waals surface area contributed by atoms with Gasteiger partial charge in [-0.15, -0.1) is 0 Å². The number of primary amides is 1. The molecule has 0 atom stereocenters. The normalized spacial score (nSPS) is 9.56. The zero-order valence-corrected chi connectivity index (χ0v) is 8.93. The third-order valence-electron chi connectivity index (χ3n) is 1.88. The summed E-state index contributed by atoms with van der Waals surface area (Å²) in [6, 6.07) is 6.79. The van der Waals surface area contributed by atoms with Crippen molar-refractivity contribution in [2.45, 2.75) is 6.42 Å². The van der Waals surface area contributed by atoms with Crippen LogP contribution < -0.4 is 10.5 Å². The van der Waals surface area contributed by atoms with Crippen LogP contribution in [0.4, 0.5) is 0 Å².